The van der Waals surface area contributed by atoms with Crippen molar-refractivity contribution >= 4 is 38.3 Å². The standard InChI is InChI=1S/C21H18IN5O3S/c1-14-13-15(2)27(25-14)20-11-12-21(24-23-20)30-18-7-5-17(6-8-18)26-31(28,29)19-9-3-16(22)4-10-19/h3-13,26H,1-2H3. The van der Waals surface area contributed by atoms with Crippen LogP contribution in [0.25, 0.3) is 5.82 Å². The Morgan fingerprint density at radius 3 is 2.23 bits per heavy atom. The highest BCUT2D eigenvalue weighted by molar-refractivity contribution is 14.1. The molecule has 0 unspecified atom stereocenters. The molecule has 0 fully saturated rings. The number of aromatic nitrogens is 4. The van der Waals surface area contributed by atoms with Crippen molar-refractivity contribution in [3.05, 3.63) is 81.7 Å². The van der Waals surface area contributed by atoms with Crippen molar-refractivity contribution in [2.24, 2.45) is 0 Å². The van der Waals surface area contributed by atoms with Crippen LogP contribution in [0, 0.1) is 17.4 Å². The predicted molar refractivity (Wildman–Crippen MR) is 125 cm³/mol. The maximum Gasteiger partial charge on any atom is 0.261 e. The summed E-state index contributed by atoms with van der Waals surface area (Å²) in [5.41, 5.74) is 2.29. The third kappa shape index (κ3) is 5.02. The zero-order valence-electron chi connectivity index (χ0n) is 16.7. The number of hydrogen-bond acceptors (Lipinski definition) is 6. The molecule has 10 heteroatoms. The molecule has 0 aliphatic carbocycles. The van der Waals surface area contributed by atoms with E-state index in [1.807, 2.05) is 19.9 Å². The minimum absolute atomic E-state index is 0.200. The first kappa shape index (κ1) is 21.2. The van der Waals surface area contributed by atoms with Gasteiger partial charge >= 0.3 is 0 Å². The van der Waals surface area contributed by atoms with Crippen molar-refractivity contribution in [2.45, 2.75) is 18.7 Å². The van der Waals surface area contributed by atoms with E-state index < -0.39 is 10.0 Å². The van der Waals surface area contributed by atoms with Gasteiger partial charge in [-0.1, -0.05) is 0 Å². The lowest BCUT2D eigenvalue weighted by atomic mass is 10.3. The molecule has 1 N–H and O–H groups in total. The fourth-order valence-corrected chi connectivity index (χ4v) is 4.30. The van der Waals surface area contributed by atoms with E-state index in [-0.39, 0.29) is 4.90 Å². The van der Waals surface area contributed by atoms with E-state index >= 15 is 0 Å². The van der Waals surface area contributed by atoms with Gasteiger partial charge in [0.25, 0.3) is 10.0 Å². The first-order valence-electron chi connectivity index (χ1n) is 9.24. The van der Waals surface area contributed by atoms with Crippen LogP contribution in [0.2, 0.25) is 0 Å². The van der Waals surface area contributed by atoms with E-state index in [4.69, 9.17) is 4.74 Å². The molecule has 4 aromatic rings. The molecule has 0 saturated heterocycles. The number of benzene rings is 2. The van der Waals surface area contributed by atoms with Crippen LogP contribution in [0.5, 0.6) is 11.6 Å². The Morgan fingerprint density at radius 1 is 0.935 bits per heavy atom. The smallest absolute Gasteiger partial charge is 0.261 e. The average Bonchev–Trinajstić information content (AvgIpc) is 3.08. The van der Waals surface area contributed by atoms with Crippen LogP contribution < -0.4 is 9.46 Å². The Labute approximate surface area is 193 Å². The summed E-state index contributed by atoms with van der Waals surface area (Å²) in [6, 6.07) is 18.6. The van der Waals surface area contributed by atoms with Gasteiger partial charge in [-0.05, 0) is 97.1 Å². The Bertz CT molecular complexity index is 1300. The topological polar surface area (TPSA) is 99.0 Å². The largest absolute Gasteiger partial charge is 0.438 e. The number of anilines is 1. The number of aryl methyl sites for hydroxylation is 2. The normalized spacial score (nSPS) is 11.3. The molecule has 0 aliphatic heterocycles. The summed E-state index contributed by atoms with van der Waals surface area (Å²) in [5.74, 6) is 1.42. The van der Waals surface area contributed by atoms with Gasteiger partial charge in [0, 0.05) is 21.0 Å². The Morgan fingerprint density at radius 2 is 1.65 bits per heavy atom. The van der Waals surface area contributed by atoms with Crippen LogP contribution in [0.3, 0.4) is 0 Å². The summed E-state index contributed by atoms with van der Waals surface area (Å²) in [6.45, 7) is 3.86. The minimum Gasteiger partial charge on any atom is -0.438 e. The van der Waals surface area contributed by atoms with Gasteiger partial charge in [0.2, 0.25) is 5.88 Å². The van der Waals surface area contributed by atoms with E-state index in [9.17, 15) is 8.42 Å². The van der Waals surface area contributed by atoms with Crippen molar-refractivity contribution in [1.29, 1.82) is 0 Å². The minimum atomic E-state index is -3.66. The summed E-state index contributed by atoms with van der Waals surface area (Å²) in [6.07, 6.45) is 0. The third-order valence-electron chi connectivity index (χ3n) is 4.31. The van der Waals surface area contributed by atoms with Gasteiger partial charge in [0.05, 0.1) is 10.6 Å². The van der Waals surface area contributed by atoms with Gasteiger partial charge in [-0.15, -0.1) is 10.2 Å². The number of hydrogen-bond donors (Lipinski definition) is 1. The molecule has 0 saturated carbocycles. The van der Waals surface area contributed by atoms with Crippen LogP contribution in [-0.2, 0) is 10.0 Å². The highest BCUT2D eigenvalue weighted by atomic mass is 127. The molecule has 158 valence electrons. The number of ether oxygens (including phenoxy) is 1. The molecule has 0 aliphatic rings. The van der Waals surface area contributed by atoms with Gasteiger partial charge in [-0.2, -0.15) is 5.10 Å². The monoisotopic (exact) mass is 547 g/mol. The molecule has 2 aromatic carbocycles. The van der Waals surface area contributed by atoms with Gasteiger partial charge in [-0.3, -0.25) is 4.72 Å². The van der Waals surface area contributed by atoms with Crippen LogP contribution >= 0.6 is 22.6 Å². The molecule has 0 spiro atoms. The molecule has 4 rings (SSSR count). The number of rotatable bonds is 6. The van der Waals surface area contributed by atoms with E-state index in [1.165, 1.54) is 0 Å². The zero-order chi connectivity index (χ0) is 22.0. The molecule has 0 atom stereocenters. The number of sulfonamides is 1. The lowest BCUT2D eigenvalue weighted by Crippen LogP contribution is -2.12. The van der Waals surface area contributed by atoms with Crippen LogP contribution in [-0.4, -0.2) is 28.4 Å². The van der Waals surface area contributed by atoms with Crippen molar-refractivity contribution in [3.63, 3.8) is 0 Å². The second kappa shape index (κ2) is 8.63. The Hall–Kier alpha value is -2.99. The summed E-state index contributed by atoms with van der Waals surface area (Å²) in [4.78, 5) is 0.200. The molecule has 0 bridgehead atoms. The molecule has 8 nitrogen and oxygen atoms in total. The lowest BCUT2D eigenvalue weighted by Gasteiger charge is -2.09. The maximum atomic E-state index is 12.5. The van der Waals surface area contributed by atoms with Gasteiger partial charge in [0.1, 0.15) is 5.75 Å². The SMILES string of the molecule is Cc1cc(C)n(-c2ccc(Oc3ccc(NS(=O)(=O)c4ccc(I)cc4)cc3)nn2)n1. The maximum absolute atomic E-state index is 12.5. The number of halogens is 1. The molecule has 2 heterocycles. The highest BCUT2D eigenvalue weighted by Gasteiger charge is 2.14. The predicted octanol–water partition coefficient (Wildman–Crippen LogP) is 4.48. The number of nitrogens with one attached hydrogen (secondary N) is 1. The zero-order valence-corrected chi connectivity index (χ0v) is 19.6. The van der Waals surface area contributed by atoms with E-state index in [2.05, 4.69) is 42.6 Å². The van der Waals surface area contributed by atoms with Gasteiger partial charge in [0.15, 0.2) is 5.82 Å². The quantitative estimate of drug-likeness (QED) is 0.358. The summed E-state index contributed by atoms with van der Waals surface area (Å²) in [7, 11) is -3.66. The first-order chi connectivity index (χ1) is 14.8. The first-order valence-corrected chi connectivity index (χ1v) is 11.8. The molecular weight excluding hydrogens is 529 g/mol. The van der Waals surface area contributed by atoms with E-state index in [1.54, 1.807) is 65.3 Å². The van der Waals surface area contributed by atoms with Crippen molar-refractivity contribution in [2.75, 3.05) is 4.72 Å². The molecule has 0 radical (unpaired) electrons. The van der Waals surface area contributed by atoms with Crippen molar-refractivity contribution < 1.29 is 13.2 Å². The van der Waals surface area contributed by atoms with Gasteiger partial charge < -0.3 is 4.74 Å². The Kier molecular flexibility index (Phi) is 5.92. The highest BCUT2D eigenvalue weighted by Crippen LogP contribution is 2.23. The third-order valence-corrected chi connectivity index (χ3v) is 6.42. The van der Waals surface area contributed by atoms with Crippen molar-refractivity contribution in [1.82, 2.24) is 20.0 Å². The lowest BCUT2D eigenvalue weighted by molar-refractivity contribution is 0.454. The summed E-state index contributed by atoms with van der Waals surface area (Å²) in [5, 5.41) is 12.6. The van der Waals surface area contributed by atoms with E-state index in [0.717, 1.165) is 15.0 Å². The van der Waals surface area contributed by atoms with Crippen LogP contribution in [0.15, 0.2) is 71.6 Å². The molecule has 31 heavy (non-hydrogen) atoms. The van der Waals surface area contributed by atoms with E-state index in [0.29, 0.717) is 23.1 Å². The average molecular weight is 547 g/mol. The van der Waals surface area contributed by atoms with Crippen LogP contribution in [0.1, 0.15) is 11.4 Å². The second-order valence-corrected chi connectivity index (χ2v) is 9.68. The molecular formula is C21H18IN5O3S. The second-order valence-electron chi connectivity index (χ2n) is 6.75. The summed E-state index contributed by atoms with van der Waals surface area (Å²) >= 11 is 2.12. The molecule has 2 aromatic heterocycles. The number of nitrogens with zero attached hydrogens (tertiary/aromatic N) is 4. The van der Waals surface area contributed by atoms with Gasteiger partial charge in [-0.25, -0.2) is 13.1 Å². The van der Waals surface area contributed by atoms with Crippen LogP contribution in [0.4, 0.5) is 5.69 Å². The summed E-state index contributed by atoms with van der Waals surface area (Å²) < 4.78 is 35.9. The fourth-order valence-electron chi connectivity index (χ4n) is 2.88. The molecule has 0 amide bonds. The Balaban J connectivity index is 1.44. The fraction of sp³-hybridized carbons (Fsp3) is 0.0952. The van der Waals surface area contributed by atoms with Crippen molar-refractivity contribution in [3.8, 4) is 17.4 Å².